The van der Waals surface area contributed by atoms with Crippen molar-refractivity contribution in [1.29, 1.82) is 0 Å². The first-order chi connectivity index (χ1) is 4.47. The Morgan fingerprint density at radius 2 is 2.22 bits per heavy atom. The van der Waals surface area contributed by atoms with Gasteiger partial charge in [0.2, 0.25) is 0 Å². The summed E-state index contributed by atoms with van der Waals surface area (Å²) in [6, 6.07) is 0. The summed E-state index contributed by atoms with van der Waals surface area (Å²) in [4.78, 5) is 2.30. The maximum atomic E-state index is 3.37. The average Bonchev–Trinajstić information content (AvgIpc) is 2.33. The fourth-order valence-electron chi connectivity index (χ4n) is 1.43. The summed E-state index contributed by atoms with van der Waals surface area (Å²) in [5, 5.41) is 0. The van der Waals surface area contributed by atoms with Gasteiger partial charge in [0.25, 0.3) is 0 Å². The van der Waals surface area contributed by atoms with Gasteiger partial charge in [-0.15, -0.1) is 0 Å². The number of allylic oxidation sites excluding steroid dienone is 3. The van der Waals surface area contributed by atoms with E-state index in [2.05, 4.69) is 10.9 Å². The summed E-state index contributed by atoms with van der Waals surface area (Å²) in [6.45, 7) is 0. The van der Waals surface area contributed by atoms with Gasteiger partial charge in [-0.05, 0) is 0 Å². The van der Waals surface area contributed by atoms with Crippen molar-refractivity contribution in [2.24, 2.45) is 0 Å². The van der Waals surface area contributed by atoms with Crippen LogP contribution in [0.4, 0.5) is 0 Å². The van der Waals surface area contributed by atoms with E-state index in [4.69, 9.17) is 0 Å². The molecule has 0 fully saturated rings. The summed E-state index contributed by atoms with van der Waals surface area (Å²) >= 11 is 0.205. The van der Waals surface area contributed by atoms with Gasteiger partial charge in [-0.2, -0.15) is 0 Å². The summed E-state index contributed by atoms with van der Waals surface area (Å²) in [5.41, 5.74) is 1.58. The second-order valence-corrected chi connectivity index (χ2v) is 5.07. The predicted octanol–water partition coefficient (Wildman–Crippen LogP) is 1.58. The molecule has 1 heterocycles. The molecular formula is C8H10As. The van der Waals surface area contributed by atoms with Crippen LogP contribution >= 0.6 is 0 Å². The standard InChI is InChI=1S/C8H10As/c1-2-4-8-7(3-1)5-6-9-8/h6,9H,1-4H2. The first-order valence-electron chi connectivity index (χ1n) is 3.53. The second-order valence-electron chi connectivity index (χ2n) is 2.60. The van der Waals surface area contributed by atoms with E-state index in [1.807, 2.05) is 0 Å². The minimum absolute atomic E-state index is 0.205. The van der Waals surface area contributed by atoms with Crippen molar-refractivity contribution in [1.82, 2.24) is 0 Å². The quantitative estimate of drug-likeness (QED) is 0.498. The van der Waals surface area contributed by atoms with Gasteiger partial charge >= 0.3 is 62.3 Å². The SMILES string of the molecule is [C]1=C[AsH]C2=C1CCCC2. The first kappa shape index (κ1) is 5.80. The summed E-state index contributed by atoms with van der Waals surface area (Å²) in [6.07, 6.45) is 8.95. The molecule has 2 rings (SSSR count). The molecular weight excluding hydrogens is 171 g/mol. The van der Waals surface area contributed by atoms with Gasteiger partial charge in [0, 0.05) is 0 Å². The van der Waals surface area contributed by atoms with Crippen LogP contribution in [0.25, 0.3) is 0 Å². The molecule has 1 aliphatic heterocycles. The van der Waals surface area contributed by atoms with E-state index in [0.717, 1.165) is 0 Å². The Morgan fingerprint density at radius 1 is 1.33 bits per heavy atom. The predicted molar refractivity (Wildman–Crippen MR) is 40.5 cm³/mol. The molecule has 9 heavy (non-hydrogen) atoms. The fraction of sp³-hybridized carbons (Fsp3) is 0.500. The van der Waals surface area contributed by atoms with Crippen LogP contribution in [-0.4, -0.2) is 15.8 Å². The zero-order valence-corrected chi connectivity index (χ0v) is 7.50. The third-order valence-electron chi connectivity index (χ3n) is 1.96. The molecule has 1 radical (unpaired) electrons. The van der Waals surface area contributed by atoms with Crippen molar-refractivity contribution in [2.45, 2.75) is 25.7 Å². The number of hydrogen-bond donors (Lipinski definition) is 0. The monoisotopic (exact) mass is 181 g/mol. The Kier molecular flexibility index (Phi) is 1.51. The molecule has 47 valence electrons. The molecule has 1 aliphatic carbocycles. The third kappa shape index (κ3) is 1.01. The van der Waals surface area contributed by atoms with Crippen molar-refractivity contribution in [3.63, 3.8) is 0 Å². The van der Waals surface area contributed by atoms with Crippen LogP contribution < -0.4 is 0 Å². The number of rotatable bonds is 0. The molecule has 0 spiro atoms. The first-order valence-corrected chi connectivity index (χ1v) is 5.79. The third-order valence-corrected chi connectivity index (χ3v) is 4.46. The molecule has 0 saturated carbocycles. The van der Waals surface area contributed by atoms with E-state index >= 15 is 0 Å². The van der Waals surface area contributed by atoms with Gasteiger partial charge < -0.3 is 0 Å². The molecule has 0 bridgehead atoms. The molecule has 1 unspecified atom stereocenters. The van der Waals surface area contributed by atoms with Crippen LogP contribution in [-0.2, 0) is 0 Å². The Balaban J connectivity index is 2.24. The van der Waals surface area contributed by atoms with Crippen molar-refractivity contribution in [3.8, 4) is 0 Å². The van der Waals surface area contributed by atoms with Crippen LogP contribution in [0.1, 0.15) is 25.7 Å². The van der Waals surface area contributed by atoms with E-state index in [0.29, 0.717) is 0 Å². The van der Waals surface area contributed by atoms with Gasteiger partial charge in [0.05, 0.1) is 0 Å². The molecule has 0 amide bonds. The van der Waals surface area contributed by atoms with Crippen LogP contribution in [0.15, 0.2) is 14.8 Å². The summed E-state index contributed by atoms with van der Waals surface area (Å²) in [5.74, 6) is 0. The van der Waals surface area contributed by atoms with E-state index in [-0.39, 0.29) is 15.8 Å². The normalized spacial score (nSPS) is 27.6. The van der Waals surface area contributed by atoms with Gasteiger partial charge in [-0.1, -0.05) is 0 Å². The zero-order chi connectivity index (χ0) is 6.10. The Morgan fingerprint density at radius 3 is 3.11 bits per heavy atom. The van der Waals surface area contributed by atoms with E-state index in [9.17, 15) is 0 Å². The molecule has 0 aromatic carbocycles. The van der Waals surface area contributed by atoms with Crippen molar-refractivity contribution >= 4 is 15.8 Å². The van der Waals surface area contributed by atoms with Crippen molar-refractivity contribution in [3.05, 3.63) is 20.9 Å². The van der Waals surface area contributed by atoms with Crippen LogP contribution in [0.2, 0.25) is 0 Å². The molecule has 0 nitrogen and oxygen atoms in total. The summed E-state index contributed by atoms with van der Waals surface area (Å²) in [7, 11) is 0. The Hall–Kier alpha value is 0.0384. The van der Waals surface area contributed by atoms with Gasteiger partial charge in [-0.25, -0.2) is 0 Å². The minimum atomic E-state index is 0.205. The molecule has 1 heteroatoms. The van der Waals surface area contributed by atoms with Gasteiger partial charge in [-0.3, -0.25) is 0 Å². The van der Waals surface area contributed by atoms with Crippen molar-refractivity contribution < 1.29 is 0 Å². The maximum absolute atomic E-state index is 3.37. The van der Waals surface area contributed by atoms with E-state index in [1.54, 1.807) is 9.93 Å². The fourth-order valence-corrected chi connectivity index (χ4v) is 3.77. The van der Waals surface area contributed by atoms with Crippen LogP contribution in [0.5, 0.6) is 0 Å². The van der Waals surface area contributed by atoms with Crippen LogP contribution in [0.3, 0.4) is 0 Å². The Labute approximate surface area is 62.7 Å². The molecule has 0 aromatic heterocycles. The number of hydrogen-bond acceptors (Lipinski definition) is 0. The molecule has 0 N–H and O–H groups in total. The van der Waals surface area contributed by atoms with E-state index < -0.39 is 0 Å². The molecule has 1 atom stereocenters. The zero-order valence-electron chi connectivity index (χ0n) is 5.41. The van der Waals surface area contributed by atoms with Crippen LogP contribution in [0, 0.1) is 6.08 Å². The molecule has 2 aliphatic rings. The van der Waals surface area contributed by atoms with E-state index in [1.165, 1.54) is 25.7 Å². The summed E-state index contributed by atoms with van der Waals surface area (Å²) < 4.78 is 1.79. The molecule has 0 saturated heterocycles. The van der Waals surface area contributed by atoms with Crippen molar-refractivity contribution in [2.75, 3.05) is 0 Å². The Bertz CT molecular complexity index is 177. The van der Waals surface area contributed by atoms with Gasteiger partial charge in [0.15, 0.2) is 0 Å². The van der Waals surface area contributed by atoms with Gasteiger partial charge in [0.1, 0.15) is 0 Å². The molecule has 0 aromatic rings. The topological polar surface area (TPSA) is 0 Å². The average molecular weight is 181 g/mol. The second kappa shape index (κ2) is 2.34.